The number of hydrogen-bond donors (Lipinski definition) is 0. The van der Waals surface area contributed by atoms with Crippen molar-refractivity contribution < 1.29 is 19.1 Å². The summed E-state index contributed by atoms with van der Waals surface area (Å²) in [5, 5.41) is 0. The highest BCUT2D eigenvalue weighted by atomic mass is 16.6. The molecule has 0 N–H and O–H groups in total. The van der Waals surface area contributed by atoms with Gasteiger partial charge in [0.15, 0.2) is 6.10 Å². The van der Waals surface area contributed by atoms with Crippen LogP contribution < -0.4 is 0 Å². The quantitative estimate of drug-likeness (QED) is 0.581. The molecule has 0 aliphatic heterocycles. The molecule has 0 bridgehead atoms. The van der Waals surface area contributed by atoms with Gasteiger partial charge >= 0.3 is 11.9 Å². The third kappa shape index (κ3) is 13.3. The predicted molar refractivity (Wildman–Crippen MR) is 79.5 cm³/mol. The summed E-state index contributed by atoms with van der Waals surface area (Å²) in [5.41, 5.74) is 0. The van der Waals surface area contributed by atoms with Gasteiger partial charge in [-0.25, -0.2) is 0 Å². The highest BCUT2D eigenvalue weighted by Crippen LogP contribution is 1.97. The highest BCUT2D eigenvalue weighted by molar-refractivity contribution is 5.67. The summed E-state index contributed by atoms with van der Waals surface area (Å²) in [6.07, 6.45) is 5.82. The SMILES string of the molecule is C/C=C/C#CC#CC#C/C=C/C(COC(C)=O)OC(C)=O. The van der Waals surface area contributed by atoms with Crippen LogP contribution in [0.2, 0.25) is 0 Å². The summed E-state index contributed by atoms with van der Waals surface area (Å²) in [4.78, 5) is 21.6. The maximum Gasteiger partial charge on any atom is 0.303 e. The van der Waals surface area contributed by atoms with Crippen LogP contribution in [0.25, 0.3) is 0 Å². The number of ether oxygens (including phenoxy) is 2. The minimum atomic E-state index is -0.664. The van der Waals surface area contributed by atoms with Crippen molar-refractivity contribution in [3.63, 3.8) is 0 Å². The first-order valence-corrected chi connectivity index (χ1v) is 6.15. The second-order valence-corrected chi connectivity index (χ2v) is 3.60. The van der Waals surface area contributed by atoms with Crippen molar-refractivity contribution in [2.45, 2.75) is 26.9 Å². The lowest BCUT2D eigenvalue weighted by Gasteiger charge is -2.11. The second-order valence-electron chi connectivity index (χ2n) is 3.60. The minimum absolute atomic E-state index is 0.0480. The molecule has 21 heavy (non-hydrogen) atoms. The average Bonchev–Trinajstić information content (AvgIpc) is 2.42. The Kier molecular flexibility index (Phi) is 10.5. The Morgan fingerprint density at radius 2 is 1.62 bits per heavy atom. The van der Waals surface area contributed by atoms with E-state index in [0.717, 1.165) is 0 Å². The third-order valence-corrected chi connectivity index (χ3v) is 1.74. The fraction of sp³-hybridized carbons (Fsp3) is 0.294. The normalized spacial score (nSPS) is 10.4. The molecule has 4 heteroatoms. The monoisotopic (exact) mass is 284 g/mol. The molecule has 0 heterocycles. The summed E-state index contributed by atoms with van der Waals surface area (Å²) >= 11 is 0. The van der Waals surface area contributed by atoms with Gasteiger partial charge in [-0.1, -0.05) is 17.9 Å². The summed E-state index contributed by atoms with van der Waals surface area (Å²) in [5.74, 6) is 14.7. The van der Waals surface area contributed by atoms with E-state index in [-0.39, 0.29) is 6.61 Å². The molecule has 0 aliphatic carbocycles. The molecule has 0 aliphatic rings. The maximum absolute atomic E-state index is 10.9. The van der Waals surface area contributed by atoms with Gasteiger partial charge in [0, 0.05) is 13.8 Å². The van der Waals surface area contributed by atoms with Crippen LogP contribution in [0.4, 0.5) is 0 Å². The molecule has 0 fully saturated rings. The Balaban J connectivity index is 4.47. The molecule has 0 aromatic rings. The molecule has 4 nitrogen and oxygen atoms in total. The van der Waals surface area contributed by atoms with E-state index in [9.17, 15) is 9.59 Å². The zero-order chi connectivity index (χ0) is 15.9. The molecular weight excluding hydrogens is 268 g/mol. The van der Waals surface area contributed by atoms with Gasteiger partial charge in [-0.15, -0.1) is 0 Å². The third-order valence-electron chi connectivity index (χ3n) is 1.74. The van der Waals surface area contributed by atoms with Gasteiger partial charge in [-0.3, -0.25) is 9.59 Å². The Hall–Kier alpha value is -2.90. The molecule has 1 unspecified atom stereocenters. The molecule has 0 aromatic carbocycles. The van der Waals surface area contributed by atoms with E-state index < -0.39 is 18.0 Å². The lowest BCUT2D eigenvalue weighted by Crippen LogP contribution is -2.21. The Morgan fingerprint density at radius 1 is 1.00 bits per heavy atom. The molecule has 0 saturated heterocycles. The minimum Gasteiger partial charge on any atom is -0.462 e. The van der Waals surface area contributed by atoms with Gasteiger partial charge in [-0.2, -0.15) is 0 Å². The van der Waals surface area contributed by atoms with Gasteiger partial charge in [0.05, 0.1) is 0 Å². The first-order valence-electron chi connectivity index (χ1n) is 6.15. The Bertz CT molecular complexity index is 592. The van der Waals surface area contributed by atoms with E-state index in [0.29, 0.717) is 0 Å². The lowest BCUT2D eigenvalue weighted by atomic mass is 10.3. The predicted octanol–water partition coefficient (Wildman–Crippen LogP) is 1.62. The molecule has 108 valence electrons. The first-order chi connectivity index (χ1) is 10.1. The molecule has 0 saturated carbocycles. The number of allylic oxidation sites excluding steroid dienone is 3. The summed E-state index contributed by atoms with van der Waals surface area (Å²) in [7, 11) is 0. The van der Waals surface area contributed by atoms with Crippen molar-refractivity contribution in [1.29, 1.82) is 0 Å². The molecule has 0 radical (unpaired) electrons. The van der Waals surface area contributed by atoms with E-state index in [1.807, 2.05) is 6.92 Å². The van der Waals surface area contributed by atoms with Crippen molar-refractivity contribution in [3.05, 3.63) is 24.3 Å². The van der Waals surface area contributed by atoms with Gasteiger partial charge < -0.3 is 9.47 Å². The van der Waals surface area contributed by atoms with Crippen molar-refractivity contribution in [1.82, 2.24) is 0 Å². The van der Waals surface area contributed by atoms with Crippen molar-refractivity contribution >= 4 is 11.9 Å². The van der Waals surface area contributed by atoms with E-state index >= 15 is 0 Å². The number of carbonyl (C=O) groups excluding carboxylic acids is 2. The van der Waals surface area contributed by atoms with E-state index in [4.69, 9.17) is 9.47 Å². The first kappa shape index (κ1) is 18.1. The van der Waals surface area contributed by atoms with Gasteiger partial charge in [-0.05, 0) is 48.8 Å². The van der Waals surface area contributed by atoms with Crippen molar-refractivity contribution in [2.75, 3.05) is 6.61 Å². The summed E-state index contributed by atoms with van der Waals surface area (Å²) in [6.45, 7) is 4.36. The van der Waals surface area contributed by atoms with Crippen LogP contribution in [-0.2, 0) is 19.1 Å². The molecular formula is C17H16O4. The lowest BCUT2D eigenvalue weighted by molar-refractivity contribution is -0.153. The highest BCUT2D eigenvalue weighted by Gasteiger charge is 2.09. The Labute approximate surface area is 125 Å². The van der Waals surface area contributed by atoms with Gasteiger partial charge in [0.1, 0.15) is 6.61 Å². The topological polar surface area (TPSA) is 52.6 Å². The van der Waals surface area contributed by atoms with Crippen LogP contribution in [0.1, 0.15) is 20.8 Å². The molecule has 1 atom stereocenters. The van der Waals surface area contributed by atoms with Crippen LogP contribution in [0, 0.1) is 35.5 Å². The maximum atomic E-state index is 10.9. The van der Waals surface area contributed by atoms with E-state index in [1.54, 1.807) is 12.2 Å². The smallest absolute Gasteiger partial charge is 0.303 e. The number of hydrogen-bond acceptors (Lipinski definition) is 4. The number of carbonyl (C=O) groups is 2. The van der Waals surface area contributed by atoms with Crippen molar-refractivity contribution in [2.24, 2.45) is 0 Å². The summed E-state index contributed by atoms with van der Waals surface area (Å²) in [6, 6.07) is 0. The molecule has 0 spiro atoms. The fourth-order valence-electron chi connectivity index (χ4n) is 0.998. The zero-order valence-electron chi connectivity index (χ0n) is 12.2. The fourth-order valence-corrected chi connectivity index (χ4v) is 0.998. The average molecular weight is 284 g/mol. The Morgan fingerprint density at radius 3 is 2.14 bits per heavy atom. The van der Waals surface area contributed by atoms with E-state index in [1.165, 1.54) is 26.0 Å². The molecule has 0 aromatic heterocycles. The zero-order valence-corrected chi connectivity index (χ0v) is 12.2. The largest absolute Gasteiger partial charge is 0.462 e. The molecule has 0 rings (SSSR count). The second kappa shape index (κ2) is 12.2. The van der Waals surface area contributed by atoms with Crippen molar-refractivity contribution in [3.8, 4) is 35.5 Å². The standard InChI is InChI=1S/C17H16O4/c1-4-5-6-7-8-9-10-11-12-13-17(21-16(3)19)14-20-15(2)18/h4-5,12-13,17H,14H2,1-3H3/b5-4+,13-12+. The number of esters is 2. The van der Waals surface area contributed by atoms with Crippen LogP contribution in [-0.4, -0.2) is 24.6 Å². The van der Waals surface area contributed by atoms with Gasteiger partial charge in [0.2, 0.25) is 0 Å². The number of rotatable bonds is 4. The van der Waals surface area contributed by atoms with E-state index in [2.05, 4.69) is 35.5 Å². The van der Waals surface area contributed by atoms with Crippen LogP contribution in [0.15, 0.2) is 24.3 Å². The van der Waals surface area contributed by atoms with Crippen LogP contribution in [0.3, 0.4) is 0 Å². The van der Waals surface area contributed by atoms with Crippen LogP contribution in [0.5, 0.6) is 0 Å². The summed E-state index contributed by atoms with van der Waals surface area (Å²) < 4.78 is 9.71. The van der Waals surface area contributed by atoms with Gasteiger partial charge in [0.25, 0.3) is 0 Å². The molecule has 0 amide bonds. The van der Waals surface area contributed by atoms with Crippen LogP contribution >= 0.6 is 0 Å².